The van der Waals surface area contributed by atoms with Crippen molar-refractivity contribution in [1.82, 2.24) is 15.5 Å². The summed E-state index contributed by atoms with van der Waals surface area (Å²) >= 11 is 0. The molecule has 0 aromatic heterocycles. The number of carbonyl (C=O) groups is 2. The fraction of sp³-hybridized carbons (Fsp3) is 0.636. The highest BCUT2D eigenvalue weighted by Crippen LogP contribution is 2.19. The minimum Gasteiger partial charge on any atom is -0.381 e. The molecule has 2 amide bonds. The van der Waals surface area contributed by atoms with E-state index in [1.54, 1.807) is 0 Å². The molecule has 162 valence electrons. The maximum Gasteiger partial charge on any atom is 0.225 e. The van der Waals surface area contributed by atoms with Crippen molar-refractivity contribution in [3.63, 3.8) is 0 Å². The van der Waals surface area contributed by atoms with Gasteiger partial charge in [-0.25, -0.2) is 0 Å². The van der Waals surface area contributed by atoms with Gasteiger partial charge in [0.05, 0.1) is 0 Å². The molecule has 1 aromatic rings. The Morgan fingerprint density at radius 3 is 2.48 bits per heavy atom. The van der Waals surface area contributed by atoms with Crippen LogP contribution in [-0.4, -0.2) is 56.1 Å². The molecule has 0 radical (unpaired) electrons. The number of ether oxygens (including phenoxy) is 1. The Morgan fingerprint density at radius 1 is 1.00 bits per heavy atom. The number of halogens is 1. The molecular formula is C22H34ClN3O3. The second-order valence-electron chi connectivity index (χ2n) is 7.74. The van der Waals surface area contributed by atoms with Crippen LogP contribution >= 0.6 is 12.4 Å². The van der Waals surface area contributed by atoms with Gasteiger partial charge in [0, 0.05) is 51.2 Å². The third-order valence-corrected chi connectivity index (χ3v) is 5.65. The summed E-state index contributed by atoms with van der Waals surface area (Å²) in [7, 11) is 0. The van der Waals surface area contributed by atoms with Gasteiger partial charge in [0.25, 0.3) is 0 Å². The van der Waals surface area contributed by atoms with E-state index >= 15 is 0 Å². The third-order valence-electron chi connectivity index (χ3n) is 5.65. The first-order valence-corrected chi connectivity index (χ1v) is 10.7. The number of hydrogen-bond acceptors (Lipinski definition) is 4. The molecule has 2 saturated heterocycles. The van der Waals surface area contributed by atoms with Gasteiger partial charge in [-0.3, -0.25) is 9.59 Å². The summed E-state index contributed by atoms with van der Waals surface area (Å²) in [5, 5.41) is 6.55. The maximum absolute atomic E-state index is 12.9. The molecule has 2 N–H and O–H groups in total. The van der Waals surface area contributed by atoms with Crippen LogP contribution in [0.1, 0.15) is 50.1 Å². The number of carbonyl (C=O) groups excluding carboxylic acids is 2. The summed E-state index contributed by atoms with van der Waals surface area (Å²) in [6, 6.07) is 10.2. The van der Waals surface area contributed by atoms with E-state index in [-0.39, 0.29) is 36.2 Å². The quantitative estimate of drug-likeness (QED) is 0.767. The van der Waals surface area contributed by atoms with Crippen molar-refractivity contribution in [2.75, 3.05) is 39.4 Å². The molecule has 29 heavy (non-hydrogen) atoms. The molecule has 1 aromatic carbocycles. The number of hydrogen-bond donors (Lipinski definition) is 2. The summed E-state index contributed by atoms with van der Waals surface area (Å²) < 4.78 is 5.39. The Hall–Kier alpha value is -1.63. The fourth-order valence-electron chi connectivity index (χ4n) is 3.99. The zero-order valence-corrected chi connectivity index (χ0v) is 17.9. The maximum atomic E-state index is 12.9. The first-order chi connectivity index (χ1) is 13.7. The molecule has 0 saturated carbocycles. The van der Waals surface area contributed by atoms with Crippen molar-refractivity contribution < 1.29 is 14.3 Å². The number of amides is 2. The highest BCUT2D eigenvalue weighted by Gasteiger charge is 2.26. The van der Waals surface area contributed by atoms with Crippen molar-refractivity contribution in [2.24, 2.45) is 5.92 Å². The largest absolute Gasteiger partial charge is 0.381 e. The van der Waals surface area contributed by atoms with Crippen molar-refractivity contribution in [3.05, 3.63) is 35.9 Å². The van der Waals surface area contributed by atoms with Gasteiger partial charge in [0.15, 0.2) is 0 Å². The standard InChI is InChI=1S/C22H33N3O3.ClH/c26-21-17-20(18-7-2-1-3-8-18)23-11-4-5-13-25(14-6-12-24-21)22(27)19-9-15-28-16-10-19;/h1-3,7-8,19-20,23H,4-6,9-17H2,(H,24,26);1H. The summed E-state index contributed by atoms with van der Waals surface area (Å²) in [4.78, 5) is 27.3. The second-order valence-corrected chi connectivity index (χ2v) is 7.74. The van der Waals surface area contributed by atoms with E-state index in [4.69, 9.17) is 4.74 Å². The van der Waals surface area contributed by atoms with Crippen LogP contribution in [0.4, 0.5) is 0 Å². The predicted octanol–water partition coefficient (Wildman–Crippen LogP) is 2.68. The lowest BCUT2D eigenvalue weighted by molar-refractivity contribution is -0.138. The van der Waals surface area contributed by atoms with Crippen LogP contribution in [0.2, 0.25) is 0 Å². The Balaban J connectivity index is 0.00000300. The number of nitrogens with one attached hydrogen (secondary N) is 2. The number of benzene rings is 1. The van der Waals surface area contributed by atoms with Crippen LogP contribution < -0.4 is 10.6 Å². The zero-order valence-electron chi connectivity index (χ0n) is 17.1. The minimum absolute atomic E-state index is 0. The lowest BCUT2D eigenvalue weighted by Crippen LogP contribution is -2.40. The first-order valence-electron chi connectivity index (χ1n) is 10.7. The van der Waals surface area contributed by atoms with Crippen LogP contribution in [0, 0.1) is 5.92 Å². The molecule has 2 heterocycles. The van der Waals surface area contributed by atoms with Crippen LogP contribution in [0.15, 0.2) is 30.3 Å². The van der Waals surface area contributed by atoms with Gasteiger partial charge in [0.2, 0.25) is 11.8 Å². The van der Waals surface area contributed by atoms with Crippen molar-refractivity contribution >= 4 is 24.2 Å². The summed E-state index contributed by atoms with van der Waals surface area (Å²) in [5.41, 5.74) is 1.14. The molecule has 2 aliphatic heterocycles. The highest BCUT2D eigenvalue weighted by atomic mass is 35.5. The molecule has 3 rings (SSSR count). The van der Waals surface area contributed by atoms with E-state index in [2.05, 4.69) is 22.8 Å². The van der Waals surface area contributed by atoms with E-state index in [1.165, 1.54) is 0 Å². The molecular weight excluding hydrogens is 390 g/mol. The van der Waals surface area contributed by atoms with Gasteiger partial charge < -0.3 is 20.3 Å². The lowest BCUT2D eigenvalue weighted by atomic mass is 9.98. The molecule has 2 aliphatic rings. The van der Waals surface area contributed by atoms with Crippen molar-refractivity contribution in [2.45, 2.75) is 44.6 Å². The van der Waals surface area contributed by atoms with Crippen LogP contribution in [0.5, 0.6) is 0 Å². The topological polar surface area (TPSA) is 70.7 Å². The van der Waals surface area contributed by atoms with Crippen LogP contribution in [0.3, 0.4) is 0 Å². The smallest absolute Gasteiger partial charge is 0.225 e. The molecule has 0 spiro atoms. The van der Waals surface area contributed by atoms with E-state index in [1.807, 2.05) is 23.1 Å². The second kappa shape index (κ2) is 12.8. The Morgan fingerprint density at radius 2 is 1.72 bits per heavy atom. The zero-order chi connectivity index (χ0) is 19.6. The highest BCUT2D eigenvalue weighted by molar-refractivity contribution is 5.85. The minimum atomic E-state index is 0. The monoisotopic (exact) mass is 423 g/mol. The van der Waals surface area contributed by atoms with Gasteiger partial charge >= 0.3 is 0 Å². The van der Waals surface area contributed by atoms with E-state index in [9.17, 15) is 9.59 Å². The van der Waals surface area contributed by atoms with Gasteiger partial charge in [-0.1, -0.05) is 30.3 Å². The average Bonchev–Trinajstić information content (AvgIpc) is 2.76. The summed E-state index contributed by atoms with van der Waals surface area (Å²) in [5.74, 6) is 0.419. The Kier molecular flexibility index (Phi) is 10.5. The van der Waals surface area contributed by atoms with Crippen LogP contribution in [0.25, 0.3) is 0 Å². The molecule has 0 aliphatic carbocycles. The fourth-order valence-corrected chi connectivity index (χ4v) is 3.99. The molecule has 1 unspecified atom stereocenters. The number of nitrogens with zero attached hydrogens (tertiary/aromatic N) is 1. The molecule has 2 fully saturated rings. The third kappa shape index (κ3) is 7.61. The average molecular weight is 424 g/mol. The van der Waals surface area contributed by atoms with Crippen molar-refractivity contribution in [1.29, 1.82) is 0 Å². The van der Waals surface area contributed by atoms with Crippen molar-refractivity contribution in [3.8, 4) is 0 Å². The lowest BCUT2D eigenvalue weighted by Gasteiger charge is -2.29. The Labute approximate surface area is 180 Å². The van der Waals surface area contributed by atoms with E-state index in [0.717, 1.165) is 50.8 Å². The predicted molar refractivity (Wildman–Crippen MR) is 116 cm³/mol. The first kappa shape index (κ1) is 23.6. The summed E-state index contributed by atoms with van der Waals surface area (Å²) in [6.45, 7) is 4.33. The van der Waals surface area contributed by atoms with Gasteiger partial charge in [-0.15, -0.1) is 12.4 Å². The van der Waals surface area contributed by atoms with Gasteiger partial charge in [0.1, 0.15) is 0 Å². The normalized spacial score (nSPS) is 23.0. The summed E-state index contributed by atoms with van der Waals surface area (Å²) in [6.07, 6.45) is 4.85. The number of rotatable bonds is 2. The van der Waals surface area contributed by atoms with Gasteiger partial charge in [-0.05, 0) is 44.2 Å². The molecule has 1 atom stereocenters. The Bertz CT molecular complexity index is 623. The van der Waals surface area contributed by atoms with Crippen LogP contribution in [-0.2, 0) is 14.3 Å². The molecule has 0 bridgehead atoms. The SMILES string of the molecule is Cl.O=C1CC(c2ccccc2)NCCCCN(C(=O)C2CCOCC2)CCCN1. The molecule has 7 heteroatoms. The van der Waals surface area contributed by atoms with E-state index in [0.29, 0.717) is 32.7 Å². The molecule has 6 nitrogen and oxygen atoms in total. The van der Waals surface area contributed by atoms with E-state index < -0.39 is 0 Å². The van der Waals surface area contributed by atoms with Gasteiger partial charge in [-0.2, -0.15) is 0 Å².